The topological polar surface area (TPSA) is 46.0 Å². The van der Waals surface area contributed by atoms with Crippen molar-refractivity contribution in [3.63, 3.8) is 0 Å². The molecule has 0 saturated carbocycles. The highest BCUT2D eigenvalue weighted by atomic mass is 35.5. The Morgan fingerprint density at radius 1 is 1.30 bits per heavy atom. The minimum Gasteiger partial charge on any atom is -1.00 e. The molecule has 124 valence electrons. The molecular weight excluding hydrogens is 312 g/mol. The average molecular weight is 335 g/mol. The number of carbonyl (C=O) groups excluding carboxylic acids is 1. The van der Waals surface area contributed by atoms with Crippen molar-refractivity contribution in [3.8, 4) is 0 Å². The summed E-state index contributed by atoms with van der Waals surface area (Å²) >= 11 is 0. The van der Waals surface area contributed by atoms with Gasteiger partial charge in [-0.2, -0.15) is 4.57 Å². The van der Waals surface area contributed by atoms with Crippen molar-refractivity contribution in [2.24, 2.45) is 0 Å². The Morgan fingerprint density at radius 3 is 2.57 bits per heavy atom. The summed E-state index contributed by atoms with van der Waals surface area (Å²) in [5.41, 5.74) is 7.69. The SMILES string of the molecule is CCOC(=O)c1[nH]c2cc3[n+](c(C)c2c1C)C(C)C(C)=C3C.[Cl-]. The third-order valence-electron chi connectivity index (χ3n) is 5.01. The molecule has 4 nitrogen and oxygen atoms in total. The first-order valence-electron chi connectivity index (χ1n) is 7.80. The zero-order valence-electron chi connectivity index (χ0n) is 14.5. The van der Waals surface area contributed by atoms with Crippen LogP contribution in [0, 0.1) is 13.8 Å². The van der Waals surface area contributed by atoms with Gasteiger partial charge in [0.2, 0.25) is 5.69 Å². The number of hydrogen-bond donors (Lipinski definition) is 1. The number of aromatic nitrogens is 2. The quantitative estimate of drug-likeness (QED) is 0.646. The molecule has 0 amide bonds. The monoisotopic (exact) mass is 334 g/mol. The maximum Gasteiger partial charge on any atom is 0.355 e. The van der Waals surface area contributed by atoms with Crippen LogP contribution in [-0.2, 0) is 4.74 Å². The number of pyridine rings is 1. The van der Waals surface area contributed by atoms with Crippen molar-refractivity contribution >= 4 is 22.4 Å². The Hall–Kier alpha value is -1.81. The van der Waals surface area contributed by atoms with Gasteiger partial charge in [-0.1, -0.05) is 0 Å². The van der Waals surface area contributed by atoms with Crippen LogP contribution in [0.2, 0.25) is 0 Å². The predicted octanol–water partition coefficient (Wildman–Crippen LogP) is 0.621. The molecule has 0 fully saturated rings. The molecule has 0 saturated heterocycles. The largest absolute Gasteiger partial charge is 1.00 e. The maximum atomic E-state index is 12.1. The number of H-pyrrole nitrogens is 1. The second kappa shape index (κ2) is 6.00. The van der Waals surface area contributed by atoms with Gasteiger partial charge in [-0.3, -0.25) is 0 Å². The Labute approximate surface area is 142 Å². The molecule has 1 unspecified atom stereocenters. The highest BCUT2D eigenvalue weighted by Gasteiger charge is 2.35. The zero-order valence-corrected chi connectivity index (χ0v) is 15.3. The number of aromatic amines is 1. The molecule has 5 heteroatoms. The molecule has 23 heavy (non-hydrogen) atoms. The smallest absolute Gasteiger partial charge is 0.355 e. The fourth-order valence-electron chi connectivity index (χ4n) is 3.60. The summed E-state index contributed by atoms with van der Waals surface area (Å²) in [5, 5.41) is 1.13. The molecule has 1 aliphatic heterocycles. The van der Waals surface area contributed by atoms with Crippen molar-refractivity contribution in [1.82, 2.24) is 4.98 Å². The van der Waals surface area contributed by atoms with Crippen molar-refractivity contribution in [2.45, 2.75) is 47.6 Å². The van der Waals surface area contributed by atoms with Gasteiger partial charge in [0.1, 0.15) is 5.69 Å². The van der Waals surface area contributed by atoms with Crippen LogP contribution in [0.25, 0.3) is 16.5 Å². The summed E-state index contributed by atoms with van der Waals surface area (Å²) in [6, 6.07) is 2.51. The molecule has 0 spiro atoms. The molecular formula is C18H23ClN2O2. The lowest BCUT2D eigenvalue weighted by Gasteiger charge is -2.07. The van der Waals surface area contributed by atoms with Crippen LogP contribution in [0.15, 0.2) is 11.6 Å². The summed E-state index contributed by atoms with van der Waals surface area (Å²) in [6.07, 6.45) is 0. The number of ether oxygens (including phenoxy) is 1. The third-order valence-corrected chi connectivity index (χ3v) is 5.01. The molecule has 1 aliphatic rings. The van der Waals surface area contributed by atoms with E-state index in [0.29, 0.717) is 18.3 Å². The number of nitrogens with zero attached hydrogens (tertiary/aromatic N) is 1. The van der Waals surface area contributed by atoms with Gasteiger partial charge in [-0.05, 0) is 33.3 Å². The van der Waals surface area contributed by atoms with E-state index in [-0.39, 0.29) is 18.4 Å². The van der Waals surface area contributed by atoms with Crippen LogP contribution in [0.5, 0.6) is 0 Å². The maximum absolute atomic E-state index is 12.1. The Morgan fingerprint density at radius 2 is 1.96 bits per heavy atom. The van der Waals surface area contributed by atoms with E-state index >= 15 is 0 Å². The van der Waals surface area contributed by atoms with Gasteiger partial charge in [0.05, 0.1) is 17.5 Å². The molecule has 0 radical (unpaired) electrons. The number of fused-ring (bicyclic) bond motifs is 2. The van der Waals surface area contributed by atoms with E-state index in [1.165, 1.54) is 22.5 Å². The van der Waals surface area contributed by atoms with Gasteiger partial charge in [0.15, 0.2) is 11.7 Å². The summed E-state index contributed by atoms with van der Waals surface area (Å²) in [6.45, 7) is 12.9. The molecule has 2 aromatic rings. The van der Waals surface area contributed by atoms with Crippen LogP contribution in [0.1, 0.15) is 61.2 Å². The molecule has 0 bridgehead atoms. The lowest BCUT2D eigenvalue weighted by atomic mass is 10.1. The lowest BCUT2D eigenvalue weighted by Crippen LogP contribution is -3.00. The lowest BCUT2D eigenvalue weighted by molar-refractivity contribution is -0.712. The average Bonchev–Trinajstić information content (AvgIpc) is 2.91. The van der Waals surface area contributed by atoms with Crippen LogP contribution >= 0.6 is 0 Å². The van der Waals surface area contributed by atoms with Crippen molar-refractivity contribution in [2.75, 3.05) is 6.61 Å². The van der Waals surface area contributed by atoms with Gasteiger partial charge in [0, 0.05) is 31.1 Å². The number of aryl methyl sites for hydroxylation is 2. The fraction of sp³-hybridized carbons (Fsp3) is 0.444. The highest BCUT2D eigenvalue weighted by Crippen LogP contribution is 2.34. The summed E-state index contributed by atoms with van der Waals surface area (Å²) in [5.74, 6) is -0.280. The van der Waals surface area contributed by atoms with Gasteiger partial charge >= 0.3 is 5.97 Å². The van der Waals surface area contributed by atoms with Gasteiger partial charge in [-0.15, -0.1) is 0 Å². The van der Waals surface area contributed by atoms with E-state index in [4.69, 9.17) is 4.74 Å². The van der Waals surface area contributed by atoms with Gasteiger partial charge in [-0.25, -0.2) is 4.79 Å². The minimum absolute atomic E-state index is 0. The van der Waals surface area contributed by atoms with E-state index in [9.17, 15) is 4.79 Å². The minimum atomic E-state index is -0.280. The molecule has 1 N–H and O–H groups in total. The zero-order chi connectivity index (χ0) is 16.2. The first-order chi connectivity index (χ1) is 10.4. The number of nitrogens with one attached hydrogen (secondary N) is 1. The van der Waals surface area contributed by atoms with E-state index < -0.39 is 0 Å². The third kappa shape index (κ3) is 2.36. The van der Waals surface area contributed by atoms with Crippen molar-refractivity contribution in [1.29, 1.82) is 0 Å². The van der Waals surface area contributed by atoms with Crippen LogP contribution < -0.4 is 17.0 Å². The number of halogens is 1. The number of rotatable bonds is 2. The van der Waals surface area contributed by atoms with Gasteiger partial charge in [0.25, 0.3) is 0 Å². The number of carbonyl (C=O) groups is 1. The van der Waals surface area contributed by atoms with Crippen LogP contribution in [0.4, 0.5) is 0 Å². The van der Waals surface area contributed by atoms with E-state index in [1.54, 1.807) is 0 Å². The summed E-state index contributed by atoms with van der Waals surface area (Å²) in [7, 11) is 0. The number of esters is 1. The van der Waals surface area contributed by atoms with Crippen molar-refractivity contribution in [3.05, 3.63) is 34.3 Å². The van der Waals surface area contributed by atoms with E-state index in [0.717, 1.165) is 16.5 Å². The highest BCUT2D eigenvalue weighted by molar-refractivity contribution is 5.99. The summed E-state index contributed by atoms with van der Waals surface area (Å²) in [4.78, 5) is 15.4. The van der Waals surface area contributed by atoms with Crippen LogP contribution in [0.3, 0.4) is 0 Å². The van der Waals surface area contributed by atoms with E-state index in [1.807, 2.05) is 13.8 Å². The predicted molar refractivity (Wildman–Crippen MR) is 86.9 cm³/mol. The molecule has 1 atom stereocenters. The molecule has 0 aromatic carbocycles. The van der Waals surface area contributed by atoms with E-state index in [2.05, 4.69) is 43.3 Å². The molecule has 3 heterocycles. The standard InChI is InChI=1S/C18H22N2O2.ClH/c1-7-22-18(21)17-11(4)16-13(6)20-12(5)9(2)10(3)15(20)8-14(16)19-17;/h8,12H,7H2,1-6H3;1H. The van der Waals surface area contributed by atoms with Crippen molar-refractivity contribution < 1.29 is 26.5 Å². The molecule has 3 rings (SSSR count). The molecule has 2 aromatic heterocycles. The fourth-order valence-corrected chi connectivity index (χ4v) is 3.60. The van der Waals surface area contributed by atoms with Gasteiger partial charge < -0.3 is 22.1 Å². The Balaban J connectivity index is 0.00000192. The second-order valence-electron chi connectivity index (χ2n) is 6.10. The first kappa shape index (κ1) is 17.5. The summed E-state index contributed by atoms with van der Waals surface area (Å²) < 4.78 is 7.52. The number of allylic oxidation sites excluding steroid dienone is 2. The molecule has 0 aliphatic carbocycles. The second-order valence-corrected chi connectivity index (χ2v) is 6.10. The normalized spacial score (nSPS) is 16.5. The Bertz CT molecular complexity index is 833. The number of hydrogen-bond acceptors (Lipinski definition) is 2. The Kier molecular flexibility index (Phi) is 4.58. The first-order valence-corrected chi connectivity index (χ1v) is 7.80. The van der Waals surface area contributed by atoms with Crippen LogP contribution in [-0.4, -0.2) is 17.6 Å².